The van der Waals surface area contributed by atoms with E-state index in [4.69, 9.17) is 10.3 Å². The fourth-order valence-electron chi connectivity index (χ4n) is 2.01. The number of imidazole rings is 1. The predicted octanol–water partition coefficient (Wildman–Crippen LogP) is 2.18. The first-order valence-electron chi connectivity index (χ1n) is 6.72. The number of nitrogens with zero attached hydrogens (tertiary/aromatic N) is 4. The van der Waals surface area contributed by atoms with Crippen LogP contribution >= 0.6 is 0 Å². The average Bonchev–Trinajstić information content (AvgIpc) is 3.09. The lowest BCUT2D eigenvalue weighted by Gasteiger charge is -2.11. The molecule has 0 bridgehead atoms. The third-order valence-electron chi connectivity index (χ3n) is 3.10. The molecule has 0 radical (unpaired) electrons. The molecule has 6 heteroatoms. The molecular formula is C15H17N5O. The van der Waals surface area contributed by atoms with E-state index in [-0.39, 0.29) is 0 Å². The van der Waals surface area contributed by atoms with Crippen LogP contribution in [0.3, 0.4) is 0 Å². The van der Waals surface area contributed by atoms with E-state index in [1.165, 1.54) is 0 Å². The van der Waals surface area contributed by atoms with Crippen molar-refractivity contribution in [2.45, 2.75) is 25.9 Å². The lowest BCUT2D eigenvalue weighted by molar-refractivity contribution is 0.355. The first-order chi connectivity index (χ1) is 10.0. The predicted molar refractivity (Wildman–Crippen MR) is 78.3 cm³/mol. The van der Waals surface area contributed by atoms with Gasteiger partial charge in [-0.3, -0.25) is 0 Å². The number of nitrogens with two attached hydrogens (primary N) is 1. The maximum absolute atomic E-state index is 5.96. The van der Waals surface area contributed by atoms with Gasteiger partial charge in [0.25, 0.3) is 0 Å². The van der Waals surface area contributed by atoms with Gasteiger partial charge < -0.3 is 14.8 Å². The quantitative estimate of drug-likeness (QED) is 0.793. The van der Waals surface area contributed by atoms with Crippen molar-refractivity contribution in [3.63, 3.8) is 0 Å². The van der Waals surface area contributed by atoms with Crippen LogP contribution in [0.4, 0.5) is 0 Å². The fourth-order valence-corrected chi connectivity index (χ4v) is 2.01. The van der Waals surface area contributed by atoms with Crippen LogP contribution in [-0.2, 0) is 12.1 Å². The van der Waals surface area contributed by atoms with Gasteiger partial charge in [-0.1, -0.05) is 35.5 Å². The topological polar surface area (TPSA) is 82.8 Å². The van der Waals surface area contributed by atoms with Crippen LogP contribution in [0.15, 0.2) is 47.2 Å². The van der Waals surface area contributed by atoms with Crippen LogP contribution in [0.1, 0.15) is 25.6 Å². The summed E-state index contributed by atoms with van der Waals surface area (Å²) in [5, 5.41) is 3.93. The second-order valence-corrected chi connectivity index (χ2v) is 5.48. The molecule has 0 atom stereocenters. The van der Waals surface area contributed by atoms with Crippen LogP contribution < -0.4 is 5.73 Å². The van der Waals surface area contributed by atoms with Crippen molar-refractivity contribution >= 4 is 0 Å². The minimum atomic E-state index is -0.612. The molecule has 3 aromatic rings. The van der Waals surface area contributed by atoms with Gasteiger partial charge in [0, 0.05) is 18.0 Å². The molecule has 0 saturated heterocycles. The minimum Gasteiger partial charge on any atom is -0.337 e. The molecule has 0 fully saturated rings. The second-order valence-electron chi connectivity index (χ2n) is 5.48. The minimum absolute atomic E-state index is 0.466. The molecule has 0 spiro atoms. The molecule has 0 saturated carbocycles. The average molecular weight is 283 g/mol. The van der Waals surface area contributed by atoms with Crippen molar-refractivity contribution in [1.29, 1.82) is 0 Å². The molecule has 21 heavy (non-hydrogen) atoms. The Bertz CT molecular complexity index is 724. The molecule has 0 aliphatic rings. The van der Waals surface area contributed by atoms with Gasteiger partial charge in [0.1, 0.15) is 12.4 Å². The highest BCUT2D eigenvalue weighted by molar-refractivity contribution is 5.55. The third kappa shape index (κ3) is 2.85. The van der Waals surface area contributed by atoms with Crippen LogP contribution in [-0.4, -0.2) is 19.7 Å². The molecule has 1 aromatic carbocycles. The standard InChI is InChI=1S/C15H17N5O/c1-15(2,16)14-18-12(21-19-14)10-20-9-8-17-13(20)11-6-4-3-5-7-11/h3-9H,10,16H2,1-2H3. The number of hydrogen-bond acceptors (Lipinski definition) is 5. The first kappa shape index (κ1) is 13.5. The van der Waals surface area contributed by atoms with Crippen molar-refractivity contribution in [3.05, 3.63) is 54.4 Å². The van der Waals surface area contributed by atoms with E-state index in [9.17, 15) is 0 Å². The molecule has 6 nitrogen and oxygen atoms in total. The molecule has 0 aliphatic heterocycles. The smallest absolute Gasteiger partial charge is 0.246 e. The molecule has 0 unspecified atom stereocenters. The van der Waals surface area contributed by atoms with E-state index in [0.717, 1.165) is 11.4 Å². The summed E-state index contributed by atoms with van der Waals surface area (Å²) in [6.07, 6.45) is 3.65. The van der Waals surface area contributed by atoms with Crippen molar-refractivity contribution in [1.82, 2.24) is 19.7 Å². The van der Waals surface area contributed by atoms with Gasteiger partial charge in [0.05, 0.1) is 5.54 Å². The Hall–Kier alpha value is -2.47. The van der Waals surface area contributed by atoms with Crippen molar-refractivity contribution < 1.29 is 4.52 Å². The van der Waals surface area contributed by atoms with Gasteiger partial charge in [-0.15, -0.1) is 0 Å². The van der Waals surface area contributed by atoms with Crippen LogP contribution in [0.5, 0.6) is 0 Å². The van der Waals surface area contributed by atoms with Crippen LogP contribution in [0.25, 0.3) is 11.4 Å². The van der Waals surface area contributed by atoms with Gasteiger partial charge in [-0.05, 0) is 13.8 Å². The maximum atomic E-state index is 5.96. The zero-order valence-electron chi connectivity index (χ0n) is 12.0. The Morgan fingerprint density at radius 2 is 2.00 bits per heavy atom. The maximum Gasteiger partial charge on any atom is 0.246 e. The Labute approximate surface area is 122 Å². The van der Waals surface area contributed by atoms with E-state index in [2.05, 4.69) is 15.1 Å². The van der Waals surface area contributed by atoms with E-state index < -0.39 is 5.54 Å². The lowest BCUT2D eigenvalue weighted by atomic mass is 10.1. The van der Waals surface area contributed by atoms with E-state index in [1.54, 1.807) is 6.20 Å². The summed E-state index contributed by atoms with van der Waals surface area (Å²) in [4.78, 5) is 8.73. The van der Waals surface area contributed by atoms with E-state index in [1.807, 2.05) is 54.9 Å². The van der Waals surface area contributed by atoms with Crippen molar-refractivity contribution in [2.24, 2.45) is 5.73 Å². The summed E-state index contributed by atoms with van der Waals surface area (Å²) in [6, 6.07) is 9.97. The molecular weight excluding hydrogens is 266 g/mol. The zero-order chi connectivity index (χ0) is 14.9. The monoisotopic (exact) mass is 283 g/mol. The third-order valence-corrected chi connectivity index (χ3v) is 3.10. The summed E-state index contributed by atoms with van der Waals surface area (Å²) in [5.74, 6) is 1.87. The number of rotatable bonds is 4. The largest absolute Gasteiger partial charge is 0.337 e. The number of benzene rings is 1. The summed E-state index contributed by atoms with van der Waals surface area (Å²) in [5.41, 5.74) is 6.39. The second kappa shape index (κ2) is 5.14. The molecule has 2 aromatic heterocycles. The SMILES string of the molecule is CC(C)(N)c1noc(Cn2ccnc2-c2ccccc2)n1. The molecule has 2 N–H and O–H groups in total. The molecule has 108 valence electrons. The summed E-state index contributed by atoms with van der Waals surface area (Å²) < 4.78 is 7.23. The van der Waals surface area contributed by atoms with Gasteiger partial charge >= 0.3 is 0 Å². The Morgan fingerprint density at radius 3 is 2.67 bits per heavy atom. The lowest BCUT2D eigenvalue weighted by Crippen LogP contribution is -2.30. The van der Waals surface area contributed by atoms with E-state index >= 15 is 0 Å². The number of aromatic nitrogens is 4. The van der Waals surface area contributed by atoms with Crippen LogP contribution in [0, 0.1) is 0 Å². The van der Waals surface area contributed by atoms with Crippen LogP contribution in [0.2, 0.25) is 0 Å². The van der Waals surface area contributed by atoms with E-state index in [0.29, 0.717) is 18.3 Å². The molecule has 0 aliphatic carbocycles. The van der Waals surface area contributed by atoms with Crippen molar-refractivity contribution in [2.75, 3.05) is 0 Å². The molecule has 2 heterocycles. The van der Waals surface area contributed by atoms with Gasteiger partial charge in [0.15, 0.2) is 5.82 Å². The molecule has 0 amide bonds. The first-order valence-corrected chi connectivity index (χ1v) is 6.72. The summed E-state index contributed by atoms with van der Waals surface area (Å²) >= 11 is 0. The van der Waals surface area contributed by atoms with Gasteiger partial charge in [-0.2, -0.15) is 4.98 Å². The number of hydrogen-bond donors (Lipinski definition) is 1. The highest BCUT2D eigenvalue weighted by Crippen LogP contribution is 2.18. The highest BCUT2D eigenvalue weighted by atomic mass is 16.5. The normalized spacial score (nSPS) is 11.8. The van der Waals surface area contributed by atoms with Gasteiger partial charge in [0.2, 0.25) is 5.89 Å². The Balaban J connectivity index is 1.87. The fraction of sp³-hybridized carbons (Fsp3) is 0.267. The Kier molecular flexibility index (Phi) is 3.31. The zero-order valence-corrected chi connectivity index (χ0v) is 12.0. The highest BCUT2D eigenvalue weighted by Gasteiger charge is 2.21. The summed E-state index contributed by atoms with van der Waals surface area (Å²) in [7, 11) is 0. The van der Waals surface area contributed by atoms with Gasteiger partial charge in [-0.25, -0.2) is 4.98 Å². The Morgan fingerprint density at radius 1 is 1.24 bits per heavy atom. The molecule has 3 rings (SSSR count). The summed E-state index contributed by atoms with van der Waals surface area (Å²) in [6.45, 7) is 4.15. The van der Waals surface area contributed by atoms with Crippen molar-refractivity contribution in [3.8, 4) is 11.4 Å².